The van der Waals surface area contributed by atoms with Crippen LogP contribution >= 0.6 is 15.9 Å². The molecule has 6 aromatic carbocycles. The summed E-state index contributed by atoms with van der Waals surface area (Å²) in [6.07, 6.45) is 0. The van der Waals surface area contributed by atoms with Crippen molar-refractivity contribution < 1.29 is 4.42 Å². The first-order chi connectivity index (χ1) is 16.8. The maximum Gasteiger partial charge on any atom is 0.135 e. The van der Waals surface area contributed by atoms with Gasteiger partial charge in [0, 0.05) is 15.2 Å². The highest BCUT2D eigenvalue weighted by molar-refractivity contribution is 9.10. The molecule has 7 aromatic rings. The van der Waals surface area contributed by atoms with Crippen molar-refractivity contribution in [1.82, 2.24) is 0 Å². The number of rotatable bonds is 2. The van der Waals surface area contributed by atoms with Crippen LogP contribution in [-0.2, 0) is 0 Å². The van der Waals surface area contributed by atoms with E-state index in [1.807, 2.05) is 12.1 Å². The first-order valence-corrected chi connectivity index (χ1v) is 12.2. The first kappa shape index (κ1) is 19.6. The van der Waals surface area contributed by atoms with Gasteiger partial charge in [-0.2, -0.15) is 0 Å². The molecule has 0 atom stereocenters. The molecule has 7 rings (SSSR count). The molecule has 2 heteroatoms. The fourth-order valence-corrected chi connectivity index (χ4v) is 5.84. The molecule has 160 valence electrons. The molecule has 0 saturated carbocycles. The number of hydrogen-bond acceptors (Lipinski definition) is 1. The lowest BCUT2D eigenvalue weighted by molar-refractivity contribution is 0.669. The first-order valence-electron chi connectivity index (χ1n) is 11.4. The second-order valence-corrected chi connectivity index (χ2v) is 9.46. The molecule has 0 aliphatic rings. The summed E-state index contributed by atoms with van der Waals surface area (Å²) in [7, 11) is 0. The molecule has 0 radical (unpaired) electrons. The average molecular weight is 499 g/mol. The van der Waals surface area contributed by atoms with Crippen LogP contribution in [0.1, 0.15) is 0 Å². The van der Waals surface area contributed by atoms with Crippen molar-refractivity contribution in [2.75, 3.05) is 0 Å². The van der Waals surface area contributed by atoms with Gasteiger partial charge in [0.15, 0.2) is 0 Å². The minimum Gasteiger partial charge on any atom is -0.456 e. The van der Waals surface area contributed by atoms with E-state index in [2.05, 4.69) is 119 Å². The Bertz CT molecular complexity index is 1820. The minimum absolute atomic E-state index is 0.922. The Morgan fingerprint density at radius 1 is 0.412 bits per heavy atom. The van der Waals surface area contributed by atoms with Crippen LogP contribution in [0.2, 0.25) is 0 Å². The standard InChI is InChI=1S/C32H19BrO/c33-32-26-13-3-1-11-24(26)31(25-12-2-4-14-27(25)32)22-9-7-8-20(18-22)21-16-17-30-28(19-21)23-10-5-6-15-29(23)34-30/h1-19H. The van der Waals surface area contributed by atoms with Crippen molar-refractivity contribution in [3.8, 4) is 22.3 Å². The SMILES string of the molecule is Brc1c2ccccc2c(-c2cccc(-c3ccc4oc5ccccc5c4c3)c2)c2ccccc12. The molecular formula is C32H19BrO. The molecule has 34 heavy (non-hydrogen) atoms. The Balaban J connectivity index is 1.48. The van der Waals surface area contributed by atoms with Crippen LogP contribution in [0.5, 0.6) is 0 Å². The molecule has 0 amide bonds. The molecule has 0 bridgehead atoms. The van der Waals surface area contributed by atoms with E-state index in [1.165, 1.54) is 43.8 Å². The highest BCUT2D eigenvalue weighted by Gasteiger charge is 2.14. The fourth-order valence-electron chi connectivity index (χ4n) is 5.15. The molecule has 0 unspecified atom stereocenters. The maximum absolute atomic E-state index is 6.04. The smallest absolute Gasteiger partial charge is 0.135 e. The molecule has 1 aromatic heterocycles. The summed E-state index contributed by atoms with van der Waals surface area (Å²) in [6, 6.07) is 40.9. The van der Waals surface area contributed by atoms with E-state index in [-0.39, 0.29) is 0 Å². The zero-order valence-corrected chi connectivity index (χ0v) is 19.8. The van der Waals surface area contributed by atoms with E-state index in [9.17, 15) is 0 Å². The Morgan fingerprint density at radius 2 is 0.971 bits per heavy atom. The lowest BCUT2D eigenvalue weighted by atomic mass is 9.90. The highest BCUT2D eigenvalue weighted by Crippen LogP contribution is 2.42. The highest BCUT2D eigenvalue weighted by atomic mass is 79.9. The van der Waals surface area contributed by atoms with E-state index >= 15 is 0 Å². The number of halogens is 1. The van der Waals surface area contributed by atoms with Gasteiger partial charge in [0.1, 0.15) is 11.2 Å². The van der Waals surface area contributed by atoms with Crippen molar-refractivity contribution in [3.05, 3.63) is 120 Å². The summed E-state index contributed by atoms with van der Waals surface area (Å²) in [5, 5.41) is 7.27. The fraction of sp³-hybridized carbons (Fsp3) is 0. The lowest BCUT2D eigenvalue weighted by Gasteiger charge is -2.15. The summed E-state index contributed by atoms with van der Waals surface area (Å²) >= 11 is 3.87. The van der Waals surface area contributed by atoms with Gasteiger partial charge in [0.05, 0.1) is 0 Å². The number of furan rings is 1. The molecule has 0 saturated heterocycles. The molecule has 0 N–H and O–H groups in total. The quantitative estimate of drug-likeness (QED) is 0.216. The Kier molecular flexibility index (Phi) is 4.36. The van der Waals surface area contributed by atoms with Crippen LogP contribution in [0, 0.1) is 0 Å². The van der Waals surface area contributed by atoms with Crippen LogP contribution in [-0.4, -0.2) is 0 Å². The van der Waals surface area contributed by atoms with Gasteiger partial charge >= 0.3 is 0 Å². The monoisotopic (exact) mass is 498 g/mol. The van der Waals surface area contributed by atoms with Gasteiger partial charge in [0.25, 0.3) is 0 Å². The topological polar surface area (TPSA) is 13.1 Å². The third kappa shape index (κ3) is 2.92. The van der Waals surface area contributed by atoms with E-state index in [0.717, 1.165) is 26.4 Å². The van der Waals surface area contributed by atoms with Crippen molar-refractivity contribution in [1.29, 1.82) is 0 Å². The minimum atomic E-state index is 0.922. The zero-order chi connectivity index (χ0) is 22.6. The predicted molar refractivity (Wildman–Crippen MR) is 147 cm³/mol. The Morgan fingerprint density at radius 3 is 1.71 bits per heavy atom. The van der Waals surface area contributed by atoms with Crippen molar-refractivity contribution in [3.63, 3.8) is 0 Å². The Hall–Kier alpha value is -3.88. The Labute approximate surface area is 205 Å². The summed E-state index contributed by atoms with van der Waals surface area (Å²) in [6.45, 7) is 0. The van der Waals surface area contributed by atoms with Crippen LogP contribution in [0.3, 0.4) is 0 Å². The van der Waals surface area contributed by atoms with Crippen LogP contribution in [0.25, 0.3) is 65.7 Å². The third-order valence-corrected chi connectivity index (χ3v) is 7.58. The largest absolute Gasteiger partial charge is 0.456 e. The van der Waals surface area contributed by atoms with E-state index in [0.29, 0.717) is 0 Å². The summed E-state index contributed by atoms with van der Waals surface area (Å²) in [4.78, 5) is 0. The van der Waals surface area contributed by atoms with Gasteiger partial charge in [0.2, 0.25) is 0 Å². The third-order valence-electron chi connectivity index (χ3n) is 6.73. The molecule has 0 fully saturated rings. The molecule has 0 spiro atoms. The number of benzene rings is 6. The van der Waals surface area contributed by atoms with Gasteiger partial charge in [-0.1, -0.05) is 91.0 Å². The van der Waals surface area contributed by atoms with Crippen LogP contribution in [0.4, 0.5) is 0 Å². The zero-order valence-electron chi connectivity index (χ0n) is 18.3. The normalized spacial score (nSPS) is 11.7. The number of hydrogen-bond donors (Lipinski definition) is 0. The molecule has 0 aliphatic heterocycles. The lowest BCUT2D eigenvalue weighted by Crippen LogP contribution is -1.88. The predicted octanol–water partition coefficient (Wildman–Crippen LogP) is 9.99. The maximum atomic E-state index is 6.04. The van der Waals surface area contributed by atoms with Gasteiger partial charge in [-0.15, -0.1) is 0 Å². The van der Waals surface area contributed by atoms with Crippen molar-refractivity contribution in [2.45, 2.75) is 0 Å². The average Bonchev–Trinajstić information content (AvgIpc) is 3.27. The number of fused-ring (bicyclic) bond motifs is 5. The van der Waals surface area contributed by atoms with E-state index in [4.69, 9.17) is 4.42 Å². The second-order valence-electron chi connectivity index (χ2n) is 8.67. The molecule has 1 heterocycles. The molecule has 1 nitrogen and oxygen atoms in total. The second kappa shape index (κ2) is 7.58. The molecular weight excluding hydrogens is 480 g/mol. The van der Waals surface area contributed by atoms with Gasteiger partial charge < -0.3 is 4.42 Å². The van der Waals surface area contributed by atoms with Crippen LogP contribution < -0.4 is 0 Å². The van der Waals surface area contributed by atoms with Gasteiger partial charge in [-0.3, -0.25) is 0 Å². The number of para-hydroxylation sites is 1. The van der Waals surface area contributed by atoms with E-state index < -0.39 is 0 Å². The summed E-state index contributed by atoms with van der Waals surface area (Å²) in [5.74, 6) is 0. The van der Waals surface area contributed by atoms with Crippen molar-refractivity contribution >= 4 is 59.4 Å². The molecule has 0 aliphatic carbocycles. The van der Waals surface area contributed by atoms with Gasteiger partial charge in [-0.25, -0.2) is 0 Å². The van der Waals surface area contributed by atoms with Crippen LogP contribution in [0.15, 0.2) is 124 Å². The van der Waals surface area contributed by atoms with Gasteiger partial charge in [-0.05, 0) is 84.0 Å². The summed E-state index contributed by atoms with van der Waals surface area (Å²) in [5.41, 5.74) is 6.72. The van der Waals surface area contributed by atoms with Crippen molar-refractivity contribution in [2.24, 2.45) is 0 Å². The summed E-state index contributed by atoms with van der Waals surface area (Å²) < 4.78 is 7.19. The van der Waals surface area contributed by atoms with E-state index in [1.54, 1.807) is 0 Å².